The number of aryl methyl sites for hydroxylation is 1. The molecule has 1 aromatic heterocycles. The van der Waals surface area contributed by atoms with Gasteiger partial charge in [-0.1, -0.05) is 41.6 Å². The lowest BCUT2D eigenvalue weighted by atomic mass is 9.86. The molecular formula is C24H25N3O5S. The van der Waals surface area contributed by atoms with Crippen LogP contribution < -0.4 is 25.1 Å². The molecule has 2 heterocycles. The summed E-state index contributed by atoms with van der Waals surface area (Å²) < 4.78 is 16.3. The Kier molecular flexibility index (Phi) is 6.60. The van der Waals surface area contributed by atoms with Crippen molar-refractivity contribution in [2.75, 3.05) is 26.6 Å². The molecule has 0 fully saturated rings. The Labute approximate surface area is 195 Å². The largest absolute Gasteiger partial charge is 0.493 e. The van der Waals surface area contributed by atoms with E-state index in [0.29, 0.717) is 39.3 Å². The van der Waals surface area contributed by atoms with Crippen LogP contribution >= 0.6 is 11.8 Å². The van der Waals surface area contributed by atoms with Gasteiger partial charge < -0.3 is 24.5 Å². The van der Waals surface area contributed by atoms with Crippen LogP contribution in [0.4, 0.5) is 5.82 Å². The van der Waals surface area contributed by atoms with E-state index in [4.69, 9.17) is 14.2 Å². The van der Waals surface area contributed by atoms with Crippen LogP contribution in [0.15, 0.2) is 46.3 Å². The number of aromatic amines is 1. The standard InChI is InChI=1S/C24H25N3O5S/c1-13-6-5-7-14(8-13)12-33-24-26-22-20(23(29)27-24)16(11-19(28)25-22)15-9-17(30-2)21(32-4)18(10-15)31-3/h5-10,16H,11-12H2,1-4H3,(H2,25,26,27,28,29)/t16-/m0/s1. The predicted molar refractivity (Wildman–Crippen MR) is 127 cm³/mol. The maximum absolute atomic E-state index is 13.1. The van der Waals surface area contributed by atoms with Gasteiger partial charge in [-0.3, -0.25) is 9.59 Å². The van der Waals surface area contributed by atoms with Gasteiger partial charge in [-0.25, -0.2) is 4.98 Å². The maximum Gasteiger partial charge on any atom is 0.257 e. The molecule has 172 valence electrons. The summed E-state index contributed by atoms with van der Waals surface area (Å²) >= 11 is 1.41. The van der Waals surface area contributed by atoms with Crippen LogP contribution in [0.25, 0.3) is 0 Å². The zero-order valence-electron chi connectivity index (χ0n) is 18.9. The number of carbonyl (C=O) groups excluding carboxylic acids is 1. The summed E-state index contributed by atoms with van der Waals surface area (Å²) in [6.45, 7) is 2.03. The molecular weight excluding hydrogens is 442 g/mol. The summed E-state index contributed by atoms with van der Waals surface area (Å²) in [4.78, 5) is 33.1. The lowest BCUT2D eigenvalue weighted by Crippen LogP contribution is -2.31. The first-order chi connectivity index (χ1) is 15.9. The minimum Gasteiger partial charge on any atom is -0.493 e. The van der Waals surface area contributed by atoms with E-state index in [1.807, 2.05) is 25.1 Å². The number of hydrogen-bond acceptors (Lipinski definition) is 7. The molecule has 33 heavy (non-hydrogen) atoms. The fourth-order valence-corrected chi connectivity index (χ4v) is 4.76. The molecule has 4 rings (SSSR count). The smallest absolute Gasteiger partial charge is 0.257 e. The molecule has 1 aliphatic rings. The molecule has 9 heteroatoms. The third-order valence-corrected chi connectivity index (χ3v) is 6.42. The number of hydrogen-bond donors (Lipinski definition) is 2. The highest BCUT2D eigenvalue weighted by Crippen LogP contribution is 2.43. The number of H-pyrrole nitrogens is 1. The van der Waals surface area contributed by atoms with Crippen molar-refractivity contribution >= 4 is 23.5 Å². The van der Waals surface area contributed by atoms with Gasteiger partial charge in [0.25, 0.3) is 5.56 Å². The number of anilines is 1. The molecule has 0 saturated heterocycles. The van der Waals surface area contributed by atoms with E-state index in [9.17, 15) is 9.59 Å². The Balaban J connectivity index is 1.71. The zero-order chi connectivity index (χ0) is 23.5. The van der Waals surface area contributed by atoms with Gasteiger partial charge >= 0.3 is 0 Å². The highest BCUT2D eigenvalue weighted by Gasteiger charge is 2.32. The van der Waals surface area contributed by atoms with E-state index in [1.165, 1.54) is 38.7 Å². The fraction of sp³-hybridized carbons (Fsp3) is 0.292. The molecule has 0 unspecified atom stereocenters. The van der Waals surface area contributed by atoms with Gasteiger partial charge in [0.1, 0.15) is 5.82 Å². The van der Waals surface area contributed by atoms with Crippen molar-refractivity contribution in [1.29, 1.82) is 0 Å². The number of rotatable bonds is 7. The molecule has 1 atom stereocenters. The van der Waals surface area contributed by atoms with Crippen LogP contribution in [0.1, 0.15) is 34.6 Å². The monoisotopic (exact) mass is 467 g/mol. The second-order valence-electron chi connectivity index (χ2n) is 7.67. The van der Waals surface area contributed by atoms with Crippen LogP contribution in [-0.4, -0.2) is 37.2 Å². The first-order valence-corrected chi connectivity index (χ1v) is 11.3. The Morgan fingerprint density at radius 3 is 2.42 bits per heavy atom. The van der Waals surface area contributed by atoms with Crippen molar-refractivity contribution in [2.24, 2.45) is 0 Å². The summed E-state index contributed by atoms with van der Waals surface area (Å²) in [7, 11) is 4.57. The molecule has 2 N–H and O–H groups in total. The van der Waals surface area contributed by atoms with Gasteiger partial charge in [0.05, 0.1) is 26.9 Å². The van der Waals surface area contributed by atoms with Gasteiger partial charge in [-0.05, 0) is 30.2 Å². The maximum atomic E-state index is 13.1. The molecule has 0 spiro atoms. The summed E-state index contributed by atoms with van der Waals surface area (Å²) in [5.41, 5.74) is 3.11. The van der Waals surface area contributed by atoms with Crippen molar-refractivity contribution in [2.45, 2.75) is 30.2 Å². The number of thioether (sulfide) groups is 1. The Morgan fingerprint density at radius 1 is 1.06 bits per heavy atom. The summed E-state index contributed by atoms with van der Waals surface area (Å²) in [5.74, 6) is 1.56. The van der Waals surface area contributed by atoms with Crippen molar-refractivity contribution < 1.29 is 19.0 Å². The Morgan fingerprint density at radius 2 is 1.79 bits per heavy atom. The van der Waals surface area contributed by atoms with E-state index in [2.05, 4.69) is 21.4 Å². The number of ether oxygens (including phenoxy) is 3. The highest BCUT2D eigenvalue weighted by atomic mass is 32.2. The third kappa shape index (κ3) is 4.68. The molecule has 0 saturated carbocycles. The summed E-state index contributed by atoms with van der Waals surface area (Å²) in [5, 5.41) is 3.21. The van der Waals surface area contributed by atoms with E-state index in [1.54, 1.807) is 12.1 Å². The number of amides is 1. The molecule has 1 aliphatic heterocycles. The molecule has 3 aromatic rings. The quantitative estimate of drug-likeness (QED) is 0.402. The average molecular weight is 468 g/mol. The second kappa shape index (κ2) is 9.58. The first kappa shape index (κ1) is 22.7. The van der Waals surface area contributed by atoms with E-state index >= 15 is 0 Å². The van der Waals surface area contributed by atoms with Gasteiger partial charge in [0, 0.05) is 18.1 Å². The van der Waals surface area contributed by atoms with Crippen molar-refractivity contribution in [3.8, 4) is 17.2 Å². The van der Waals surface area contributed by atoms with Crippen molar-refractivity contribution in [3.05, 3.63) is 69.0 Å². The lowest BCUT2D eigenvalue weighted by Gasteiger charge is -2.25. The third-order valence-electron chi connectivity index (χ3n) is 5.48. The van der Waals surface area contributed by atoms with E-state index < -0.39 is 5.92 Å². The molecule has 2 aromatic carbocycles. The number of methoxy groups -OCH3 is 3. The lowest BCUT2D eigenvalue weighted by molar-refractivity contribution is -0.116. The molecule has 0 radical (unpaired) electrons. The van der Waals surface area contributed by atoms with Gasteiger partial charge in [0.15, 0.2) is 16.7 Å². The molecule has 0 bridgehead atoms. The van der Waals surface area contributed by atoms with Crippen LogP contribution in [0, 0.1) is 6.92 Å². The van der Waals surface area contributed by atoms with Crippen LogP contribution in [-0.2, 0) is 10.5 Å². The number of aromatic nitrogens is 2. The number of fused-ring (bicyclic) bond motifs is 1. The minimum atomic E-state index is -0.505. The molecule has 1 amide bonds. The van der Waals surface area contributed by atoms with Crippen LogP contribution in [0.5, 0.6) is 17.2 Å². The topological polar surface area (TPSA) is 103 Å². The van der Waals surface area contributed by atoms with E-state index in [-0.39, 0.29) is 23.7 Å². The molecule has 0 aliphatic carbocycles. The average Bonchev–Trinajstić information content (AvgIpc) is 2.81. The number of nitrogens with one attached hydrogen (secondary N) is 2. The van der Waals surface area contributed by atoms with Crippen molar-refractivity contribution in [3.63, 3.8) is 0 Å². The highest BCUT2D eigenvalue weighted by molar-refractivity contribution is 7.98. The Hall–Kier alpha value is -3.46. The predicted octanol–water partition coefficient (Wildman–Crippen LogP) is 3.87. The Bertz CT molecular complexity index is 1230. The summed E-state index contributed by atoms with van der Waals surface area (Å²) in [6, 6.07) is 11.7. The van der Waals surface area contributed by atoms with Crippen molar-refractivity contribution in [1.82, 2.24) is 9.97 Å². The van der Waals surface area contributed by atoms with Gasteiger partial charge in [0.2, 0.25) is 11.7 Å². The summed E-state index contributed by atoms with van der Waals surface area (Å²) in [6.07, 6.45) is 0.103. The second-order valence-corrected chi connectivity index (χ2v) is 8.64. The van der Waals surface area contributed by atoms with Gasteiger partial charge in [-0.2, -0.15) is 0 Å². The number of carbonyl (C=O) groups is 1. The fourth-order valence-electron chi connectivity index (χ4n) is 3.96. The van der Waals surface area contributed by atoms with Gasteiger partial charge in [-0.15, -0.1) is 0 Å². The first-order valence-electron chi connectivity index (χ1n) is 10.4. The zero-order valence-corrected chi connectivity index (χ0v) is 19.7. The van der Waals surface area contributed by atoms with Crippen LogP contribution in [0.3, 0.4) is 0 Å². The minimum absolute atomic E-state index is 0.103. The number of benzene rings is 2. The van der Waals surface area contributed by atoms with E-state index in [0.717, 1.165) is 5.56 Å². The normalized spacial score (nSPS) is 14.9. The van der Waals surface area contributed by atoms with Crippen LogP contribution in [0.2, 0.25) is 0 Å². The molecule has 8 nitrogen and oxygen atoms in total. The SMILES string of the molecule is COc1cc([C@@H]2CC(=O)Nc3nc(SCc4cccc(C)c4)[nH]c(=O)c32)cc(OC)c1OC. The number of nitrogens with zero attached hydrogens (tertiary/aromatic N) is 1.